The van der Waals surface area contributed by atoms with Gasteiger partial charge in [-0.15, -0.1) is 0 Å². The zero-order valence-electron chi connectivity index (χ0n) is 15.1. The molecule has 2 aliphatic rings. The van der Waals surface area contributed by atoms with E-state index in [9.17, 15) is 0 Å². The Hall–Kier alpha value is -1.77. The third kappa shape index (κ3) is 4.62. The van der Waals surface area contributed by atoms with Gasteiger partial charge in [-0.05, 0) is 44.8 Å². The van der Waals surface area contributed by atoms with Gasteiger partial charge in [0.15, 0.2) is 0 Å². The van der Waals surface area contributed by atoms with Crippen LogP contribution in [0.2, 0.25) is 0 Å². The zero-order chi connectivity index (χ0) is 17.3. The molecular formula is C20H30N4. The Morgan fingerprint density at radius 2 is 1.75 bits per heavy atom. The van der Waals surface area contributed by atoms with Crippen molar-refractivity contribution in [1.82, 2.24) is 4.90 Å². The van der Waals surface area contributed by atoms with Crippen LogP contribution in [0, 0.1) is 5.41 Å². The maximum absolute atomic E-state index is 8.49. The molecular weight excluding hydrogens is 296 g/mol. The molecule has 1 spiro atoms. The number of nitrogens with zero attached hydrogens (tertiary/aromatic N) is 4. The quantitative estimate of drug-likeness (QED) is 0.180. The summed E-state index contributed by atoms with van der Waals surface area (Å²) in [5.74, 6) is 0. The Morgan fingerprint density at radius 1 is 1.04 bits per heavy atom. The lowest BCUT2D eigenvalue weighted by Gasteiger charge is -2.42. The van der Waals surface area contributed by atoms with Gasteiger partial charge in [0.2, 0.25) is 0 Å². The van der Waals surface area contributed by atoms with Gasteiger partial charge >= 0.3 is 0 Å². The molecule has 0 aromatic rings. The van der Waals surface area contributed by atoms with Gasteiger partial charge in [0, 0.05) is 16.9 Å². The molecule has 4 heteroatoms. The van der Waals surface area contributed by atoms with E-state index in [4.69, 9.17) is 5.53 Å². The van der Waals surface area contributed by atoms with Gasteiger partial charge in [-0.2, -0.15) is 0 Å². The van der Waals surface area contributed by atoms with Crippen molar-refractivity contribution in [2.24, 2.45) is 10.5 Å². The predicted octanol–water partition coefficient (Wildman–Crippen LogP) is 5.57. The van der Waals surface area contributed by atoms with Crippen LogP contribution in [0.15, 0.2) is 53.7 Å². The minimum Gasteiger partial charge on any atom is -0.294 e. The Morgan fingerprint density at radius 3 is 2.38 bits per heavy atom. The summed E-state index contributed by atoms with van der Waals surface area (Å²) in [4.78, 5) is 5.33. The van der Waals surface area contributed by atoms with E-state index in [1.807, 2.05) is 0 Å². The van der Waals surface area contributed by atoms with Crippen molar-refractivity contribution < 1.29 is 0 Å². The van der Waals surface area contributed by atoms with Gasteiger partial charge in [-0.25, -0.2) is 0 Å². The first kappa shape index (κ1) is 18.6. The molecule has 0 radical (unpaired) electrons. The van der Waals surface area contributed by atoms with E-state index in [0.29, 0.717) is 6.54 Å². The predicted molar refractivity (Wildman–Crippen MR) is 102 cm³/mol. The molecule has 0 bridgehead atoms. The minimum atomic E-state index is -0.0664. The summed E-state index contributed by atoms with van der Waals surface area (Å²) < 4.78 is 0. The molecule has 0 fully saturated rings. The lowest BCUT2D eigenvalue weighted by atomic mass is 9.75. The Labute approximate surface area is 146 Å². The topological polar surface area (TPSA) is 52.0 Å². The second-order valence-corrected chi connectivity index (χ2v) is 6.89. The highest BCUT2D eigenvalue weighted by Gasteiger charge is 2.34. The molecule has 2 rings (SSSR count). The molecule has 4 nitrogen and oxygen atoms in total. The minimum absolute atomic E-state index is 0.0448. The summed E-state index contributed by atoms with van der Waals surface area (Å²) in [6.45, 7) is 3.89. The monoisotopic (exact) mass is 326 g/mol. The third-order valence-electron chi connectivity index (χ3n) is 5.11. The SMILES string of the molecule is CCCCCN(C)C1(CCCN=[N+]=[N-])C=CC2(C=CCC=C2)C=C1. The van der Waals surface area contributed by atoms with E-state index < -0.39 is 0 Å². The standard InChI is InChI=1S/C20H30N4/c1-3-4-8-18-24(2)20(12-9-17-22-23-21)15-13-19(14-16-20)10-6-5-7-11-19/h6-7,10-11,13-16H,3-5,8-9,12,17-18H2,1-2H3. The number of azide groups is 1. The number of hydrogen-bond donors (Lipinski definition) is 0. The smallest absolute Gasteiger partial charge is 0.0573 e. The molecule has 0 unspecified atom stereocenters. The van der Waals surface area contributed by atoms with Crippen molar-refractivity contribution in [3.05, 3.63) is 59.1 Å². The van der Waals surface area contributed by atoms with Crippen LogP contribution in [0.3, 0.4) is 0 Å². The molecule has 0 aromatic carbocycles. The highest BCUT2D eigenvalue weighted by molar-refractivity contribution is 5.40. The fraction of sp³-hybridized carbons (Fsp3) is 0.600. The van der Waals surface area contributed by atoms with Gasteiger partial charge in [-0.3, -0.25) is 4.90 Å². The average molecular weight is 326 g/mol. The van der Waals surface area contributed by atoms with E-state index in [2.05, 4.69) is 77.5 Å². The maximum atomic E-state index is 8.49. The molecule has 130 valence electrons. The molecule has 0 saturated carbocycles. The van der Waals surface area contributed by atoms with Gasteiger partial charge < -0.3 is 0 Å². The zero-order valence-corrected chi connectivity index (χ0v) is 15.1. The van der Waals surface area contributed by atoms with E-state index in [-0.39, 0.29) is 11.0 Å². The summed E-state index contributed by atoms with van der Waals surface area (Å²) in [7, 11) is 2.21. The van der Waals surface area contributed by atoms with E-state index in [1.54, 1.807) is 0 Å². The molecule has 0 heterocycles. The van der Waals surface area contributed by atoms with Crippen LogP contribution in [0.25, 0.3) is 10.4 Å². The summed E-state index contributed by atoms with van der Waals surface area (Å²) in [6, 6.07) is 0. The summed E-state index contributed by atoms with van der Waals surface area (Å²) in [5, 5.41) is 3.70. The summed E-state index contributed by atoms with van der Waals surface area (Å²) in [5.41, 5.74) is 8.38. The molecule has 0 aliphatic heterocycles. The van der Waals surface area contributed by atoms with E-state index in [0.717, 1.165) is 25.8 Å². The first-order valence-corrected chi connectivity index (χ1v) is 9.15. The Kier molecular flexibility index (Phi) is 6.89. The number of unbranched alkanes of at least 4 members (excludes halogenated alkanes) is 2. The van der Waals surface area contributed by atoms with Crippen molar-refractivity contribution in [2.75, 3.05) is 20.1 Å². The Bertz CT molecular complexity index is 536. The first-order chi connectivity index (χ1) is 11.7. The molecule has 0 N–H and O–H groups in total. The molecule has 0 saturated heterocycles. The van der Waals surface area contributed by atoms with Gasteiger partial charge in [0.25, 0.3) is 0 Å². The number of likely N-dealkylation sites (N-methyl/N-ethyl adjacent to an activating group) is 1. The first-order valence-electron chi connectivity index (χ1n) is 9.15. The van der Waals surface area contributed by atoms with Crippen LogP contribution < -0.4 is 0 Å². The molecule has 2 aliphatic carbocycles. The highest BCUT2D eigenvalue weighted by atomic mass is 15.2. The van der Waals surface area contributed by atoms with Gasteiger partial charge in [0.1, 0.15) is 0 Å². The van der Waals surface area contributed by atoms with Crippen LogP contribution in [-0.4, -0.2) is 30.6 Å². The summed E-state index contributed by atoms with van der Waals surface area (Å²) >= 11 is 0. The van der Waals surface area contributed by atoms with Crippen LogP contribution >= 0.6 is 0 Å². The lowest BCUT2D eigenvalue weighted by Crippen LogP contribution is -2.45. The largest absolute Gasteiger partial charge is 0.294 e. The van der Waals surface area contributed by atoms with Crippen molar-refractivity contribution in [1.29, 1.82) is 0 Å². The Balaban J connectivity index is 2.12. The highest BCUT2D eigenvalue weighted by Crippen LogP contribution is 2.38. The fourth-order valence-corrected chi connectivity index (χ4v) is 3.49. The molecule has 0 atom stereocenters. The maximum Gasteiger partial charge on any atom is 0.0573 e. The van der Waals surface area contributed by atoms with Crippen molar-refractivity contribution >= 4 is 0 Å². The average Bonchev–Trinajstić information content (AvgIpc) is 2.61. The number of hydrogen-bond acceptors (Lipinski definition) is 2. The second kappa shape index (κ2) is 8.91. The lowest BCUT2D eigenvalue weighted by molar-refractivity contribution is 0.192. The van der Waals surface area contributed by atoms with E-state index >= 15 is 0 Å². The van der Waals surface area contributed by atoms with Crippen LogP contribution in [0.5, 0.6) is 0 Å². The van der Waals surface area contributed by atoms with Crippen LogP contribution in [0.1, 0.15) is 45.4 Å². The van der Waals surface area contributed by atoms with Gasteiger partial charge in [-0.1, -0.05) is 73.5 Å². The van der Waals surface area contributed by atoms with Gasteiger partial charge in [0.05, 0.1) is 5.54 Å². The molecule has 0 aromatic heterocycles. The fourth-order valence-electron chi connectivity index (χ4n) is 3.49. The van der Waals surface area contributed by atoms with Crippen molar-refractivity contribution in [3.63, 3.8) is 0 Å². The second-order valence-electron chi connectivity index (χ2n) is 6.89. The summed E-state index contributed by atoms with van der Waals surface area (Å²) in [6.07, 6.45) is 25.0. The number of rotatable bonds is 9. The van der Waals surface area contributed by atoms with Crippen molar-refractivity contribution in [2.45, 2.75) is 51.0 Å². The molecule has 24 heavy (non-hydrogen) atoms. The van der Waals surface area contributed by atoms with Crippen LogP contribution in [-0.2, 0) is 0 Å². The van der Waals surface area contributed by atoms with Crippen LogP contribution in [0.4, 0.5) is 0 Å². The normalized spacial score (nSPS) is 19.8. The molecule has 0 amide bonds. The number of allylic oxidation sites excluding steroid dienone is 6. The third-order valence-corrected chi connectivity index (χ3v) is 5.11. The van der Waals surface area contributed by atoms with E-state index in [1.165, 1.54) is 19.3 Å². The van der Waals surface area contributed by atoms with Crippen molar-refractivity contribution in [3.8, 4) is 0 Å².